The number of amides is 3. The summed E-state index contributed by atoms with van der Waals surface area (Å²) in [6, 6.07) is 10.5. The molecule has 4 rings (SSSR count). The van der Waals surface area contributed by atoms with Gasteiger partial charge in [-0.05, 0) is 36.4 Å². The average molecular weight is 409 g/mol. The number of thiazole rings is 1. The molecule has 0 aliphatic carbocycles. The molecule has 3 amide bonds. The van der Waals surface area contributed by atoms with Crippen molar-refractivity contribution in [2.75, 3.05) is 25.0 Å². The second-order valence-corrected chi connectivity index (χ2v) is 7.43. The largest absolute Gasteiger partial charge is 0.353 e. The Kier molecular flexibility index (Phi) is 5.39. The normalized spacial score (nSPS) is 13.8. The van der Waals surface area contributed by atoms with E-state index in [1.165, 1.54) is 16.2 Å². The quantitative estimate of drug-likeness (QED) is 0.670. The predicted molar refractivity (Wildman–Crippen MR) is 109 cm³/mol. The number of carbonyl (C=O) groups is 3. The maximum Gasteiger partial charge on any atom is 0.254 e. The number of carbonyl (C=O) groups excluding carboxylic acids is 3. The minimum Gasteiger partial charge on any atom is -0.353 e. The van der Waals surface area contributed by atoms with Gasteiger partial charge in [-0.15, -0.1) is 11.3 Å². The van der Waals surface area contributed by atoms with Gasteiger partial charge in [-0.1, -0.05) is 0 Å². The Bertz CT molecular complexity index is 1030. The molecule has 1 saturated heterocycles. The molecule has 2 N–H and O–H groups in total. The molecule has 0 bridgehead atoms. The van der Waals surface area contributed by atoms with Crippen LogP contribution in [0.3, 0.4) is 0 Å². The van der Waals surface area contributed by atoms with Crippen LogP contribution in [0.25, 0.3) is 5.13 Å². The van der Waals surface area contributed by atoms with Crippen LogP contribution in [0.4, 0.5) is 5.69 Å². The Morgan fingerprint density at radius 2 is 1.93 bits per heavy atom. The lowest BCUT2D eigenvalue weighted by molar-refractivity contribution is -0.123. The van der Waals surface area contributed by atoms with E-state index in [-0.39, 0.29) is 30.7 Å². The molecule has 1 aliphatic rings. The van der Waals surface area contributed by atoms with Crippen molar-refractivity contribution in [3.63, 3.8) is 0 Å². The minimum absolute atomic E-state index is 0.0654. The molecule has 148 valence electrons. The number of anilines is 1. The lowest BCUT2D eigenvalue weighted by atomic mass is 10.1. The van der Waals surface area contributed by atoms with Crippen LogP contribution in [0.15, 0.2) is 54.2 Å². The first-order valence-corrected chi connectivity index (χ1v) is 10.00. The molecular formula is C20H19N5O3S. The molecule has 3 aromatic rings. The molecule has 8 nitrogen and oxygen atoms in total. The van der Waals surface area contributed by atoms with Gasteiger partial charge in [0.15, 0.2) is 5.13 Å². The van der Waals surface area contributed by atoms with Gasteiger partial charge >= 0.3 is 0 Å². The molecule has 0 radical (unpaired) electrons. The number of hydrogen-bond acceptors (Lipinski definition) is 5. The summed E-state index contributed by atoms with van der Waals surface area (Å²) in [6.45, 7) is 1.01. The molecule has 0 atom stereocenters. The summed E-state index contributed by atoms with van der Waals surface area (Å²) in [7, 11) is 0. The minimum atomic E-state index is -0.197. The third-order valence-electron chi connectivity index (χ3n) is 4.45. The Labute approximate surface area is 171 Å². The fraction of sp³-hybridized carbons (Fsp3) is 0.200. The zero-order chi connectivity index (χ0) is 20.2. The molecule has 29 heavy (non-hydrogen) atoms. The topological polar surface area (TPSA) is 96.3 Å². The predicted octanol–water partition coefficient (Wildman–Crippen LogP) is 1.69. The molecule has 0 spiro atoms. The fourth-order valence-electron chi connectivity index (χ4n) is 3.02. The molecule has 2 aromatic heterocycles. The van der Waals surface area contributed by atoms with Gasteiger partial charge in [0.05, 0.1) is 18.7 Å². The number of aromatic nitrogens is 2. The van der Waals surface area contributed by atoms with Crippen LogP contribution < -0.4 is 10.6 Å². The van der Waals surface area contributed by atoms with Crippen LogP contribution in [0.5, 0.6) is 0 Å². The summed E-state index contributed by atoms with van der Waals surface area (Å²) in [4.78, 5) is 42.2. The van der Waals surface area contributed by atoms with E-state index < -0.39 is 0 Å². The lowest BCUT2D eigenvalue weighted by Gasteiger charge is -2.26. The Morgan fingerprint density at radius 1 is 1.17 bits per heavy atom. The third-order valence-corrected chi connectivity index (χ3v) is 5.35. The highest BCUT2D eigenvalue weighted by molar-refractivity contribution is 7.12. The number of nitrogens with zero attached hydrogens (tertiary/aromatic N) is 3. The number of piperazine rings is 1. The van der Waals surface area contributed by atoms with Gasteiger partial charge in [0.25, 0.3) is 5.91 Å². The summed E-state index contributed by atoms with van der Waals surface area (Å²) in [5.41, 5.74) is 1.78. The third kappa shape index (κ3) is 4.52. The van der Waals surface area contributed by atoms with Gasteiger partial charge in [-0.2, -0.15) is 0 Å². The Balaban J connectivity index is 1.34. The molecule has 1 aliphatic heterocycles. The van der Waals surface area contributed by atoms with Gasteiger partial charge in [-0.25, -0.2) is 4.98 Å². The van der Waals surface area contributed by atoms with Crippen molar-refractivity contribution in [3.8, 4) is 5.13 Å². The highest BCUT2D eigenvalue weighted by Gasteiger charge is 2.22. The van der Waals surface area contributed by atoms with Crippen molar-refractivity contribution in [1.82, 2.24) is 19.8 Å². The average Bonchev–Trinajstić information content (AvgIpc) is 3.40. The molecule has 1 fully saturated rings. The first-order chi connectivity index (χ1) is 14.1. The van der Waals surface area contributed by atoms with E-state index in [4.69, 9.17) is 0 Å². The lowest BCUT2D eigenvalue weighted by Crippen LogP contribution is -2.49. The van der Waals surface area contributed by atoms with Gasteiger partial charge in [0, 0.05) is 42.1 Å². The van der Waals surface area contributed by atoms with E-state index >= 15 is 0 Å². The maximum atomic E-state index is 12.5. The zero-order valence-electron chi connectivity index (χ0n) is 15.5. The van der Waals surface area contributed by atoms with E-state index in [0.717, 1.165) is 5.13 Å². The standard InChI is InChI=1S/C20H19N5O3S/c26-17(11-16-13-29-20(23-16)24-8-1-2-9-24)22-15-5-3-14(4-6-15)19(28)25-10-7-21-18(27)12-25/h1-6,8-9,13H,7,10-12H2,(H,21,27)(H,22,26). The van der Waals surface area contributed by atoms with Crippen molar-refractivity contribution in [3.05, 3.63) is 65.4 Å². The highest BCUT2D eigenvalue weighted by Crippen LogP contribution is 2.17. The second kappa shape index (κ2) is 8.27. The fourth-order valence-corrected chi connectivity index (χ4v) is 3.81. The Morgan fingerprint density at radius 3 is 2.66 bits per heavy atom. The molecule has 0 saturated carbocycles. The smallest absolute Gasteiger partial charge is 0.254 e. The van der Waals surface area contributed by atoms with E-state index in [2.05, 4.69) is 15.6 Å². The van der Waals surface area contributed by atoms with Crippen molar-refractivity contribution in [2.45, 2.75) is 6.42 Å². The summed E-state index contributed by atoms with van der Waals surface area (Å²) >= 11 is 1.48. The zero-order valence-corrected chi connectivity index (χ0v) is 16.3. The number of benzene rings is 1. The summed E-state index contributed by atoms with van der Waals surface area (Å²) < 4.78 is 1.90. The summed E-state index contributed by atoms with van der Waals surface area (Å²) in [5.74, 6) is -0.533. The van der Waals surface area contributed by atoms with Crippen LogP contribution in [-0.2, 0) is 16.0 Å². The van der Waals surface area contributed by atoms with Crippen LogP contribution in [-0.4, -0.2) is 51.8 Å². The van der Waals surface area contributed by atoms with E-state index in [1.54, 1.807) is 24.3 Å². The number of rotatable bonds is 5. The molecule has 0 unspecified atom stereocenters. The maximum absolute atomic E-state index is 12.5. The monoisotopic (exact) mass is 409 g/mol. The summed E-state index contributed by atoms with van der Waals surface area (Å²) in [6.07, 6.45) is 3.98. The molecular weight excluding hydrogens is 390 g/mol. The van der Waals surface area contributed by atoms with Crippen LogP contribution in [0.2, 0.25) is 0 Å². The van der Waals surface area contributed by atoms with E-state index in [9.17, 15) is 14.4 Å². The summed E-state index contributed by atoms with van der Waals surface area (Å²) in [5, 5.41) is 8.19. The van der Waals surface area contributed by atoms with E-state index in [0.29, 0.717) is 30.0 Å². The van der Waals surface area contributed by atoms with Gasteiger partial charge in [0.2, 0.25) is 11.8 Å². The number of hydrogen-bond donors (Lipinski definition) is 2. The van der Waals surface area contributed by atoms with Crippen LogP contribution in [0.1, 0.15) is 16.1 Å². The van der Waals surface area contributed by atoms with Crippen LogP contribution >= 0.6 is 11.3 Å². The van der Waals surface area contributed by atoms with E-state index in [1.807, 2.05) is 34.5 Å². The van der Waals surface area contributed by atoms with Crippen molar-refractivity contribution >= 4 is 34.7 Å². The highest BCUT2D eigenvalue weighted by atomic mass is 32.1. The molecule has 9 heteroatoms. The Hall–Kier alpha value is -3.46. The van der Waals surface area contributed by atoms with Gasteiger partial charge in [0.1, 0.15) is 0 Å². The van der Waals surface area contributed by atoms with Crippen molar-refractivity contribution < 1.29 is 14.4 Å². The van der Waals surface area contributed by atoms with Crippen molar-refractivity contribution in [1.29, 1.82) is 0 Å². The molecule has 1 aromatic carbocycles. The first kappa shape index (κ1) is 18.9. The SMILES string of the molecule is O=C1CN(C(=O)c2ccc(NC(=O)Cc3csc(-n4cccc4)n3)cc2)CCN1. The van der Waals surface area contributed by atoms with Crippen molar-refractivity contribution in [2.24, 2.45) is 0 Å². The second-order valence-electron chi connectivity index (χ2n) is 6.59. The number of nitrogens with one attached hydrogen (secondary N) is 2. The first-order valence-electron chi connectivity index (χ1n) is 9.12. The van der Waals surface area contributed by atoms with Gasteiger partial charge in [-0.3, -0.25) is 14.4 Å². The molecule has 3 heterocycles. The van der Waals surface area contributed by atoms with Gasteiger partial charge < -0.3 is 20.1 Å². The van der Waals surface area contributed by atoms with Crippen LogP contribution in [0, 0.1) is 0 Å².